The Kier molecular flexibility index (Phi) is 5.66. The Morgan fingerprint density at radius 2 is 2.12 bits per heavy atom. The summed E-state index contributed by atoms with van der Waals surface area (Å²) in [7, 11) is 0. The van der Waals surface area contributed by atoms with Crippen LogP contribution in [0.3, 0.4) is 0 Å². The van der Waals surface area contributed by atoms with E-state index in [0.29, 0.717) is 12.8 Å². The minimum absolute atomic E-state index is 0.183. The van der Waals surface area contributed by atoms with E-state index < -0.39 is 29.8 Å². The molecule has 12 nitrogen and oxygen atoms in total. The molecule has 0 bridgehead atoms. The smallest absolute Gasteiger partial charge is 0.339 e. The monoisotopic (exact) mass is 344 g/mol. The predicted octanol–water partition coefficient (Wildman–Crippen LogP) is -1.87. The summed E-state index contributed by atoms with van der Waals surface area (Å²) < 4.78 is 4.94. The molecule has 2 unspecified atom stereocenters. The van der Waals surface area contributed by atoms with E-state index in [1.54, 1.807) is 0 Å². The van der Waals surface area contributed by atoms with Crippen LogP contribution in [-0.4, -0.2) is 50.7 Å². The number of nitrogens with zero attached hydrogens (tertiary/aromatic N) is 2. The minimum atomic E-state index is -1.21. The van der Waals surface area contributed by atoms with E-state index in [-0.39, 0.29) is 31.2 Å². The van der Waals surface area contributed by atoms with Gasteiger partial charge in [0.15, 0.2) is 5.82 Å². The number of carbonyl (C=O) groups excluding carboxylic acids is 1. The average Bonchev–Trinajstić information content (AvgIpc) is 3.18. The Morgan fingerprint density at radius 3 is 2.71 bits per heavy atom. The normalized spacial score (nSPS) is 17.8. The fraction of sp³-hybridized carbons (Fsp3) is 0.667. The van der Waals surface area contributed by atoms with Crippen LogP contribution in [0.5, 0.6) is 0 Å². The number of rotatable bonds is 9. The first-order valence-corrected chi connectivity index (χ1v) is 7.28. The summed E-state index contributed by atoms with van der Waals surface area (Å²) in [6, 6.07) is -1.50. The number of carboxylic acid groups (broad SMARTS) is 1. The highest BCUT2D eigenvalue weighted by atomic mass is 16.7. The number of hydrogen-bond acceptors (Lipinski definition) is 9. The molecule has 8 N–H and O–H groups in total. The summed E-state index contributed by atoms with van der Waals surface area (Å²) in [5.41, 5.74) is 12.0. The van der Waals surface area contributed by atoms with Gasteiger partial charge in [0.05, 0.1) is 12.6 Å². The molecule has 134 valence electrons. The van der Waals surface area contributed by atoms with Gasteiger partial charge in [0.1, 0.15) is 11.8 Å². The van der Waals surface area contributed by atoms with Crippen molar-refractivity contribution in [2.45, 2.75) is 43.5 Å². The number of carbonyl (C=O) groups is 2. The van der Waals surface area contributed by atoms with Crippen molar-refractivity contribution in [3.05, 3.63) is 11.7 Å². The summed E-state index contributed by atoms with van der Waals surface area (Å²) in [5, 5.41) is 23.8. The van der Waals surface area contributed by atoms with Gasteiger partial charge in [-0.2, -0.15) is 4.98 Å². The number of aliphatic carboxylic acids is 1. The van der Waals surface area contributed by atoms with Crippen LogP contribution >= 0.6 is 0 Å². The lowest BCUT2D eigenvalue weighted by Crippen LogP contribution is -2.49. The minimum Gasteiger partial charge on any atom is -0.480 e. The van der Waals surface area contributed by atoms with Gasteiger partial charge in [-0.25, -0.2) is 15.1 Å². The van der Waals surface area contributed by atoms with E-state index in [1.165, 1.54) is 0 Å². The molecule has 1 aromatic heterocycles. The Bertz CT molecular complexity index is 588. The zero-order chi connectivity index (χ0) is 17.7. The molecule has 0 spiro atoms. The number of nitrogens with one attached hydrogen (secondary N) is 2. The third-order valence-electron chi connectivity index (χ3n) is 3.47. The molecule has 1 fully saturated rings. The van der Waals surface area contributed by atoms with E-state index >= 15 is 0 Å². The Balaban J connectivity index is 1.68. The molecule has 0 saturated heterocycles. The van der Waals surface area contributed by atoms with E-state index in [9.17, 15) is 9.59 Å². The Hall–Kier alpha value is -2.28. The molecule has 2 amide bonds. The third-order valence-corrected chi connectivity index (χ3v) is 3.47. The molecule has 1 heterocycles. The topological polar surface area (TPSA) is 199 Å². The molecule has 24 heavy (non-hydrogen) atoms. The summed E-state index contributed by atoms with van der Waals surface area (Å²) in [6.45, 7) is -0.307. The second-order valence-electron chi connectivity index (χ2n) is 5.47. The van der Waals surface area contributed by atoms with E-state index in [0.717, 1.165) is 0 Å². The summed E-state index contributed by atoms with van der Waals surface area (Å²) >= 11 is 0. The molecule has 0 aromatic carbocycles. The Labute approximate surface area is 136 Å². The van der Waals surface area contributed by atoms with Gasteiger partial charge in [-0.15, -0.1) is 0 Å². The van der Waals surface area contributed by atoms with Crippen LogP contribution in [0.4, 0.5) is 4.79 Å². The van der Waals surface area contributed by atoms with Crippen LogP contribution in [0.15, 0.2) is 4.52 Å². The van der Waals surface area contributed by atoms with Gasteiger partial charge in [-0.1, -0.05) is 5.16 Å². The van der Waals surface area contributed by atoms with Crippen LogP contribution in [-0.2, 0) is 16.1 Å². The molecule has 12 heteroatoms. The molecule has 1 saturated carbocycles. The number of nitrogens with two attached hydrogens (primary N) is 2. The van der Waals surface area contributed by atoms with Crippen molar-refractivity contribution < 1.29 is 29.2 Å². The second kappa shape index (κ2) is 7.53. The first-order valence-electron chi connectivity index (χ1n) is 7.28. The largest absolute Gasteiger partial charge is 0.480 e. The zero-order valence-corrected chi connectivity index (χ0v) is 12.8. The van der Waals surface area contributed by atoms with Gasteiger partial charge in [0.2, 0.25) is 5.89 Å². The maximum atomic E-state index is 11.5. The van der Waals surface area contributed by atoms with Gasteiger partial charge in [-0.05, 0) is 19.3 Å². The first kappa shape index (κ1) is 18.1. The Morgan fingerprint density at radius 1 is 1.42 bits per heavy atom. The van der Waals surface area contributed by atoms with Gasteiger partial charge in [0.25, 0.3) is 0 Å². The predicted molar refractivity (Wildman–Crippen MR) is 77.0 cm³/mol. The van der Waals surface area contributed by atoms with Crippen molar-refractivity contribution in [1.29, 1.82) is 0 Å². The van der Waals surface area contributed by atoms with Gasteiger partial charge in [-0.3, -0.25) is 4.84 Å². The summed E-state index contributed by atoms with van der Waals surface area (Å²) in [6.07, 6.45) is 0.404. The maximum Gasteiger partial charge on any atom is 0.339 e. The third kappa shape index (κ3) is 4.61. The average molecular weight is 344 g/mol. The van der Waals surface area contributed by atoms with Crippen LogP contribution in [0, 0.1) is 0 Å². The second-order valence-corrected chi connectivity index (χ2v) is 5.47. The van der Waals surface area contributed by atoms with E-state index in [1.807, 2.05) is 5.48 Å². The highest BCUT2D eigenvalue weighted by Gasteiger charge is 2.51. The fourth-order valence-electron chi connectivity index (χ4n) is 1.82. The van der Waals surface area contributed by atoms with Crippen molar-refractivity contribution in [2.24, 2.45) is 11.5 Å². The lowest BCUT2D eigenvalue weighted by Gasteiger charge is -2.15. The summed E-state index contributed by atoms with van der Waals surface area (Å²) in [5.74, 6) is -0.640. The molecule has 0 radical (unpaired) electrons. The van der Waals surface area contributed by atoms with E-state index in [4.69, 9.17) is 31.0 Å². The number of hydroxylamine groups is 1. The molecule has 2 atom stereocenters. The summed E-state index contributed by atoms with van der Waals surface area (Å²) in [4.78, 5) is 31.4. The molecular weight excluding hydrogens is 324 g/mol. The van der Waals surface area contributed by atoms with Crippen molar-refractivity contribution in [3.8, 4) is 0 Å². The van der Waals surface area contributed by atoms with Crippen LogP contribution < -0.4 is 22.3 Å². The lowest BCUT2D eigenvalue weighted by atomic mass is 10.3. The number of aromatic nitrogens is 2. The molecule has 1 aliphatic carbocycles. The highest BCUT2D eigenvalue weighted by molar-refractivity contribution is 5.88. The highest BCUT2D eigenvalue weighted by Crippen LogP contribution is 2.35. The van der Waals surface area contributed by atoms with Crippen LogP contribution in [0.1, 0.15) is 37.0 Å². The van der Waals surface area contributed by atoms with Gasteiger partial charge < -0.3 is 31.5 Å². The molecular formula is C12H20N6O6. The zero-order valence-electron chi connectivity index (χ0n) is 12.8. The van der Waals surface area contributed by atoms with Crippen molar-refractivity contribution in [1.82, 2.24) is 20.9 Å². The standard InChI is InChI=1S/C12H20N6O6/c13-6(5-19)9-15-8(24-17-9)2-1-7(14)23-18-11(22)16-12(3-4-12)10(20)21/h6-7,19H,1-5,13-14H2,(H,20,21)(H2,16,18,22). The van der Waals surface area contributed by atoms with Crippen molar-refractivity contribution in [2.75, 3.05) is 6.61 Å². The van der Waals surface area contributed by atoms with Gasteiger partial charge in [0, 0.05) is 6.42 Å². The number of amides is 2. The maximum absolute atomic E-state index is 11.5. The fourth-order valence-corrected chi connectivity index (χ4v) is 1.82. The number of carboxylic acids is 1. The van der Waals surface area contributed by atoms with Crippen LogP contribution in [0.25, 0.3) is 0 Å². The first-order chi connectivity index (χ1) is 11.4. The molecule has 0 aliphatic heterocycles. The van der Waals surface area contributed by atoms with Crippen molar-refractivity contribution in [3.63, 3.8) is 0 Å². The number of urea groups is 1. The van der Waals surface area contributed by atoms with Crippen LogP contribution in [0.2, 0.25) is 0 Å². The number of aryl methyl sites for hydroxylation is 1. The van der Waals surface area contributed by atoms with E-state index in [2.05, 4.69) is 15.5 Å². The van der Waals surface area contributed by atoms with Crippen molar-refractivity contribution >= 4 is 12.0 Å². The number of aliphatic hydroxyl groups is 1. The molecule has 1 aromatic rings. The van der Waals surface area contributed by atoms with Gasteiger partial charge >= 0.3 is 12.0 Å². The SMILES string of the molecule is NC(CCc1nc(C(N)CO)no1)ONC(=O)NC1(C(=O)O)CC1. The lowest BCUT2D eigenvalue weighted by molar-refractivity contribution is -0.140. The number of aliphatic hydroxyl groups excluding tert-OH is 1. The molecule has 2 rings (SSSR count). The quantitative estimate of drug-likeness (QED) is 0.218. The number of hydrogen-bond donors (Lipinski definition) is 6. The molecule has 1 aliphatic rings.